The zero-order valence-corrected chi connectivity index (χ0v) is 13.2. The molecular formula is C14H16BrFN2O3. The van der Waals surface area contributed by atoms with E-state index in [0.29, 0.717) is 24.1 Å². The van der Waals surface area contributed by atoms with Gasteiger partial charge in [0.2, 0.25) is 0 Å². The van der Waals surface area contributed by atoms with Gasteiger partial charge < -0.3 is 15.0 Å². The smallest absolute Gasteiger partial charge is 0.330 e. The summed E-state index contributed by atoms with van der Waals surface area (Å²) in [5.74, 6) is -1.33. The molecule has 1 aromatic carbocycles. The van der Waals surface area contributed by atoms with Gasteiger partial charge in [0.05, 0.1) is 11.1 Å². The molecular weight excluding hydrogens is 343 g/mol. The molecule has 1 amide bonds. The highest BCUT2D eigenvalue weighted by atomic mass is 79.9. The number of halogens is 2. The van der Waals surface area contributed by atoms with Gasteiger partial charge in [0.25, 0.3) is 5.91 Å². The average molecular weight is 359 g/mol. The van der Waals surface area contributed by atoms with Gasteiger partial charge in [-0.25, -0.2) is 9.18 Å². The molecule has 21 heavy (non-hydrogen) atoms. The second-order valence-electron chi connectivity index (χ2n) is 4.60. The van der Waals surface area contributed by atoms with E-state index in [0.717, 1.165) is 6.07 Å². The minimum Gasteiger partial charge on any atom is -0.464 e. The van der Waals surface area contributed by atoms with Crippen LogP contribution in [0.2, 0.25) is 0 Å². The van der Waals surface area contributed by atoms with Gasteiger partial charge in [-0.1, -0.05) is 0 Å². The fraction of sp³-hybridized carbons (Fsp3) is 0.429. The van der Waals surface area contributed by atoms with Crippen LogP contribution < -0.4 is 5.32 Å². The van der Waals surface area contributed by atoms with E-state index in [1.807, 2.05) is 0 Å². The Morgan fingerprint density at radius 2 is 2.29 bits per heavy atom. The fourth-order valence-corrected chi connectivity index (χ4v) is 2.44. The number of amides is 1. The highest BCUT2D eigenvalue weighted by Crippen LogP contribution is 2.19. The molecule has 1 atom stereocenters. The lowest BCUT2D eigenvalue weighted by molar-refractivity contribution is -0.149. The molecule has 114 valence electrons. The van der Waals surface area contributed by atoms with Crippen LogP contribution in [0.5, 0.6) is 0 Å². The first-order chi connectivity index (χ1) is 10.0. The summed E-state index contributed by atoms with van der Waals surface area (Å²) in [7, 11) is 0. The van der Waals surface area contributed by atoms with Crippen molar-refractivity contribution in [3.63, 3.8) is 0 Å². The normalized spacial score (nSPS) is 18.4. The Morgan fingerprint density at radius 1 is 1.52 bits per heavy atom. The molecule has 0 bridgehead atoms. The zero-order chi connectivity index (χ0) is 15.4. The highest BCUT2D eigenvalue weighted by molar-refractivity contribution is 9.10. The predicted octanol–water partition coefficient (Wildman–Crippen LogP) is 1.57. The number of piperazine rings is 1. The van der Waals surface area contributed by atoms with E-state index in [4.69, 9.17) is 4.74 Å². The molecule has 1 heterocycles. The number of nitrogens with zero attached hydrogens (tertiary/aromatic N) is 1. The largest absolute Gasteiger partial charge is 0.464 e. The van der Waals surface area contributed by atoms with Gasteiger partial charge in [-0.15, -0.1) is 0 Å². The second-order valence-corrected chi connectivity index (χ2v) is 5.45. The third-order valence-corrected chi connectivity index (χ3v) is 3.87. The van der Waals surface area contributed by atoms with Gasteiger partial charge in [-0.2, -0.15) is 0 Å². The first-order valence-electron chi connectivity index (χ1n) is 6.68. The Morgan fingerprint density at radius 3 is 2.95 bits per heavy atom. The maximum atomic E-state index is 13.6. The topological polar surface area (TPSA) is 58.6 Å². The maximum absolute atomic E-state index is 13.6. The van der Waals surface area contributed by atoms with E-state index in [2.05, 4.69) is 21.2 Å². The highest BCUT2D eigenvalue weighted by Gasteiger charge is 2.33. The molecule has 1 N–H and O–H groups in total. The third kappa shape index (κ3) is 3.59. The first-order valence-corrected chi connectivity index (χ1v) is 7.47. The van der Waals surface area contributed by atoms with Gasteiger partial charge >= 0.3 is 5.97 Å². The molecule has 5 nitrogen and oxygen atoms in total. The van der Waals surface area contributed by atoms with Gasteiger partial charge in [-0.05, 0) is 41.1 Å². The Labute approximate surface area is 130 Å². The molecule has 0 radical (unpaired) electrons. The predicted molar refractivity (Wildman–Crippen MR) is 78.4 cm³/mol. The summed E-state index contributed by atoms with van der Waals surface area (Å²) in [6, 6.07) is 3.48. The molecule has 0 spiro atoms. The number of rotatable bonds is 3. The van der Waals surface area contributed by atoms with Crippen molar-refractivity contribution in [2.75, 3.05) is 26.2 Å². The van der Waals surface area contributed by atoms with Crippen LogP contribution in [-0.4, -0.2) is 49.1 Å². The third-order valence-electron chi connectivity index (χ3n) is 3.23. The molecule has 0 aliphatic carbocycles. The molecule has 1 aromatic rings. The van der Waals surface area contributed by atoms with Crippen LogP contribution in [0.3, 0.4) is 0 Å². The number of benzene rings is 1. The van der Waals surface area contributed by atoms with E-state index in [9.17, 15) is 14.0 Å². The summed E-state index contributed by atoms with van der Waals surface area (Å²) in [5, 5.41) is 3.05. The van der Waals surface area contributed by atoms with Crippen LogP contribution in [-0.2, 0) is 9.53 Å². The van der Waals surface area contributed by atoms with Crippen LogP contribution in [0.25, 0.3) is 0 Å². The van der Waals surface area contributed by atoms with Crippen LogP contribution >= 0.6 is 15.9 Å². The van der Waals surface area contributed by atoms with Gasteiger partial charge in [0, 0.05) is 25.2 Å². The number of esters is 1. The molecule has 1 aliphatic rings. The second kappa shape index (κ2) is 7.00. The molecule has 1 unspecified atom stereocenters. The number of carbonyl (C=O) groups excluding carboxylic acids is 2. The maximum Gasteiger partial charge on any atom is 0.330 e. The van der Waals surface area contributed by atoms with Crippen LogP contribution in [0, 0.1) is 5.82 Å². The van der Waals surface area contributed by atoms with E-state index >= 15 is 0 Å². The number of ether oxygens (including phenoxy) is 1. The Balaban J connectivity index is 2.21. The number of hydrogen-bond acceptors (Lipinski definition) is 4. The molecule has 1 fully saturated rings. The summed E-state index contributed by atoms with van der Waals surface area (Å²) in [6.07, 6.45) is 0. The van der Waals surface area contributed by atoms with Crippen LogP contribution in [0.4, 0.5) is 4.39 Å². The van der Waals surface area contributed by atoms with Crippen LogP contribution in [0.1, 0.15) is 17.3 Å². The summed E-state index contributed by atoms with van der Waals surface area (Å²) in [5.41, 5.74) is 0.215. The average Bonchev–Trinajstić information content (AvgIpc) is 2.49. The standard InChI is InChI=1S/C14H16BrFN2O3/c1-2-21-14(20)12-8-17-5-6-18(12)13(19)9-3-4-10(15)11(16)7-9/h3-4,7,12,17H,2,5-6,8H2,1H3. The summed E-state index contributed by atoms with van der Waals surface area (Å²) in [4.78, 5) is 25.8. The fourth-order valence-electron chi connectivity index (χ4n) is 2.19. The molecule has 2 rings (SSSR count). The molecule has 1 aliphatic heterocycles. The Bertz CT molecular complexity index is 553. The number of hydrogen-bond donors (Lipinski definition) is 1. The molecule has 0 saturated carbocycles. The van der Waals surface area contributed by atoms with Crippen molar-refractivity contribution in [3.05, 3.63) is 34.1 Å². The van der Waals surface area contributed by atoms with Crippen LogP contribution in [0.15, 0.2) is 22.7 Å². The van der Waals surface area contributed by atoms with Crippen molar-refractivity contribution >= 4 is 27.8 Å². The Kier molecular flexibility index (Phi) is 5.30. The van der Waals surface area contributed by atoms with Crippen molar-refractivity contribution in [1.29, 1.82) is 0 Å². The van der Waals surface area contributed by atoms with Crippen molar-refractivity contribution in [3.8, 4) is 0 Å². The van der Waals surface area contributed by atoms with E-state index in [1.54, 1.807) is 6.92 Å². The zero-order valence-electron chi connectivity index (χ0n) is 11.6. The van der Waals surface area contributed by atoms with Gasteiger partial charge in [0.1, 0.15) is 11.9 Å². The lowest BCUT2D eigenvalue weighted by Gasteiger charge is -2.34. The molecule has 0 aromatic heterocycles. The summed E-state index contributed by atoms with van der Waals surface area (Å²) in [6.45, 7) is 3.26. The van der Waals surface area contributed by atoms with E-state index in [1.165, 1.54) is 17.0 Å². The Hall–Kier alpha value is -1.47. The minimum atomic E-state index is -0.682. The quantitative estimate of drug-likeness (QED) is 0.833. The summed E-state index contributed by atoms with van der Waals surface area (Å²) < 4.78 is 18.8. The SMILES string of the molecule is CCOC(=O)C1CNCCN1C(=O)c1ccc(Br)c(F)c1. The molecule has 1 saturated heterocycles. The summed E-state index contributed by atoms with van der Waals surface area (Å²) >= 11 is 3.05. The van der Waals surface area contributed by atoms with Crippen molar-refractivity contribution in [2.45, 2.75) is 13.0 Å². The number of nitrogens with one attached hydrogen (secondary N) is 1. The first kappa shape index (κ1) is 15.9. The minimum absolute atomic E-state index is 0.215. The lowest BCUT2D eigenvalue weighted by atomic mass is 10.1. The van der Waals surface area contributed by atoms with E-state index < -0.39 is 17.8 Å². The van der Waals surface area contributed by atoms with Crippen molar-refractivity contribution < 1.29 is 18.7 Å². The number of carbonyl (C=O) groups is 2. The van der Waals surface area contributed by atoms with Crippen molar-refractivity contribution in [1.82, 2.24) is 10.2 Å². The van der Waals surface area contributed by atoms with Gasteiger partial charge in [-0.3, -0.25) is 4.79 Å². The monoisotopic (exact) mass is 358 g/mol. The van der Waals surface area contributed by atoms with Crippen molar-refractivity contribution in [2.24, 2.45) is 0 Å². The lowest BCUT2D eigenvalue weighted by Crippen LogP contribution is -2.57. The van der Waals surface area contributed by atoms with Gasteiger partial charge in [0.15, 0.2) is 0 Å². The molecule has 7 heteroatoms. The van der Waals surface area contributed by atoms with E-state index in [-0.39, 0.29) is 18.1 Å².